The van der Waals surface area contributed by atoms with E-state index in [0.29, 0.717) is 12.2 Å². The van der Waals surface area contributed by atoms with Gasteiger partial charge in [0.15, 0.2) is 6.10 Å². The molecule has 1 heterocycles. The van der Waals surface area contributed by atoms with Crippen LogP contribution in [0.1, 0.15) is 26.2 Å². The van der Waals surface area contributed by atoms with Crippen molar-refractivity contribution in [3.8, 4) is 11.5 Å². The van der Waals surface area contributed by atoms with Gasteiger partial charge < -0.3 is 19.7 Å². The number of ether oxygens (including phenoxy) is 2. The minimum Gasteiger partial charge on any atom is -0.497 e. The van der Waals surface area contributed by atoms with Crippen LogP contribution >= 0.6 is 0 Å². The molecular weight excluding hydrogens is 280 g/mol. The zero-order valence-electron chi connectivity index (χ0n) is 13.7. The Labute approximate surface area is 132 Å². The van der Waals surface area contributed by atoms with Gasteiger partial charge in [-0.3, -0.25) is 4.79 Å². The maximum absolute atomic E-state index is 12.4. The van der Waals surface area contributed by atoms with E-state index in [1.807, 2.05) is 25.1 Å². The molecule has 0 bridgehead atoms. The molecule has 1 N–H and O–H groups in total. The summed E-state index contributed by atoms with van der Waals surface area (Å²) in [6, 6.07) is 7.61. The second kappa shape index (κ2) is 8.03. The van der Waals surface area contributed by atoms with Gasteiger partial charge in [-0.25, -0.2) is 0 Å². The molecule has 1 aliphatic heterocycles. The first-order valence-corrected chi connectivity index (χ1v) is 7.92. The number of methoxy groups -OCH3 is 1. The van der Waals surface area contributed by atoms with Gasteiger partial charge in [-0.1, -0.05) is 13.0 Å². The summed E-state index contributed by atoms with van der Waals surface area (Å²) in [7, 11) is 3.72. The number of carbonyl (C=O) groups is 1. The first-order valence-electron chi connectivity index (χ1n) is 7.92. The molecule has 0 unspecified atom stereocenters. The van der Waals surface area contributed by atoms with Crippen molar-refractivity contribution in [3.63, 3.8) is 0 Å². The van der Waals surface area contributed by atoms with E-state index in [1.165, 1.54) is 0 Å². The Bertz CT molecular complexity index is 485. The molecule has 1 fully saturated rings. The van der Waals surface area contributed by atoms with Crippen molar-refractivity contribution in [2.45, 2.75) is 38.3 Å². The van der Waals surface area contributed by atoms with Crippen LogP contribution in [0.15, 0.2) is 24.3 Å². The molecule has 1 saturated heterocycles. The Morgan fingerprint density at radius 2 is 2.05 bits per heavy atom. The molecule has 5 nitrogen and oxygen atoms in total. The number of hydrogen-bond acceptors (Lipinski definition) is 4. The minimum atomic E-state index is -0.466. The largest absolute Gasteiger partial charge is 0.497 e. The number of amides is 1. The van der Waals surface area contributed by atoms with Crippen LogP contribution in [0.25, 0.3) is 0 Å². The SMILES string of the molecule is CC[C@@H](Oc1cccc(OC)c1)C(=O)NC1CCN(C)CC1. The van der Waals surface area contributed by atoms with Crippen LogP contribution < -0.4 is 14.8 Å². The van der Waals surface area contributed by atoms with Gasteiger partial charge in [0, 0.05) is 12.1 Å². The number of nitrogens with one attached hydrogen (secondary N) is 1. The first kappa shape index (κ1) is 16.6. The predicted octanol–water partition coefficient (Wildman–Crippen LogP) is 2.06. The number of nitrogens with zero attached hydrogens (tertiary/aromatic N) is 1. The Morgan fingerprint density at radius 1 is 1.36 bits per heavy atom. The average molecular weight is 306 g/mol. The summed E-state index contributed by atoms with van der Waals surface area (Å²) in [5, 5.41) is 3.12. The highest BCUT2D eigenvalue weighted by Gasteiger charge is 2.24. The van der Waals surface area contributed by atoms with Crippen molar-refractivity contribution in [3.05, 3.63) is 24.3 Å². The lowest BCUT2D eigenvalue weighted by atomic mass is 10.1. The van der Waals surface area contributed by atoms with E-state index in [2.05, 4.69) is 17.3 Å². The zero-order valence-corrected chi connectivity index (χ0v) is 13.7. The maximum Gasteiger partial charge on any atom is 0.261 e. The molecule has 122 valence electrons. The molecule has 1 aliphatic rings. The summed E-state index contributed by atoms with van der Waals surface area (Å²) in [6.07, 6.45) is 2.16. The molecule has 0 radical (unpaired) electrons. The monoisotopic (exact) mass is 306 g/mol. The molecule has 1 atom stereocenters. The lowest BCUT2D eigenvalue weighted by Gasteiger charge is -2.30. The van der Waals surface area contributed by atoms with Crippen molar-refractivity contribution < 1.29 is 14.3 Å². The number of benzene rings is 1. The molecule has 2 rings (SSSR count). The lowest BCUT2D eigenvalue weighted by Crippen LogP contribution is -2.47. The van der Waals surface area contributed by atoms with Crippen molar-refractivity contribution in [2.75, 3.05) is 27.2 Å². The van der Waals surface area contributed by atoms with Crippen LogP contribution in [0, 0.1) is 0 Å². The quantitative estimate of drug-likeness (QED) is 0.874. The smallest absolute Gasteiger partial charge is 0.261 e. The Kier molecular flexibility index (Phi) is 6.07. The van der Waals surface area contributed by atoms with E-state index in [1.54, 1.807) is 13.2 Å². The molecule has 22 heavy (non-hydrogen) atoms. The number of carbonyl (C=O) groups excluding carboxylic acids is 1. The highest BCUT2D eigenvalue weighted by atomic mass is 16.5. The molecule has 5 heteroatoms. The molecule has 0 aromatic heterocycles. The van der Waals surface area contributed by atoms with E-state index >= 15 is 0 Å². The molecule has 0 spiro atoms. The third kappa shape index (κ3) is 4.63. The lowest BCUT2D eigenvalue weighted by molar-refractivity contribution is -0.129. The second-order valence-corrected chi connectivity index (χ2v) is 5.78. The summed E-state index contributed by atoms with van der Waals surface area (Å²) < 4.78 is 11.0. The fourth-order valence-corrected chi connectivity index (χ4v) is 2.61. The van der Waals surface area contributed by atoms with Gasteiger partial charge in [-0.15, -0.1) is 0 Å². The highest BCUT2D eigenvalue weighted by molar-refractivity contribution is 5.81. The van der Waals surface area contributed by atoms with Crippen LogP contribution in [0.3, 0.4) is 0 Å². The molecule has 1 aromatic carbocycles. The standard InChI is InChI=1S/C17H26N2O3/c1-4-16(22-15-7-5-6-14(12-15)21-3)17(20)18-13-8-10-19(2)11-9-13/h5-7,12-13,16H,4,8-11H2,1-3H3,(H,18,20)/t16-/m1/s1. The third-order valence-electron chi connectivity index (χ3n) is 4.05. The molecule has 0 saturated carbocycles. The summed E-state index contributed by atoms with van der Waals surface area (Å²) >= 11 is 0. The average Bonchev–Trinajstić information content (AvgIpc) is 2.54. The summed E-state index contributed by atoms with van der Waals surface area (Å²) in [5.41, 5.74) is 0. The first-order chi connectivity index (χ1) is 10.6. The van der Waals surface area contributed by atoms with Gasteiger partial charge in [0.2, 0.25) is 0 Å². The Balaban J connectivity index is 1.91. The van der Waals surface area contributed by atoms with E-state index in [0.717, 1.165) is 31.7 Å². The van der Waals surface area contributed by atoms with E-state index < -0.39 is 6.10 Å². The number of rotatable bonds is 6. The van der Waals surface area contributed by atoms with Gasteiger partial charge in [-0.2, -0.15) is 0 Å². The van der Waals surface area contributed by atoms with Crippen LogP contribution in [0.2, 0.25) is 0 Å². The van der Waals surface area contributed by atoms with Crippen molar-refractivity contribution in [1.29, 1.82) is 0 Å². The number of hydrogen-bond donors (Lipinski definition) is 1. The third-order valence-corrected chi connectivity index (χ3v) is 4.05. The van der Waals surface area contributed by atoms with Crippen LogP contribution in [0.5, 0.6) is 11.5 Å². The molecule has 1 aromatic rings. The minimum absolute atomic E-state index is 0.0279. The predicted molar refractivity (Wildman–Crippen MR) is 86.4 cm³/mol. The van der Waals surface area contributed by atoms with Crippen molar-refractivity contribution >= 4 is 5.91 Å². The van der Waals surface area contributed by atoms with Gasteiger partial charge in [-0.05, 0) is 51.5 Å². The Hall–Kier alpha value is -1.75. The van der Waals surface area contributed by atoms with Crippen LogP contribution in [0.4, 0.5) is 0 Å². The van der Waals surface area contributed by atoms with Crippen LogP contribution in [-0.4, -0.2) is 50.2 Å². The second-order valence-electron chi connectivity index (χ2n) is 5.78. The fourth-order valence-electron chi connectivity index (χ4n) is 2.61. The van der Waals surface area contributed by atoms with Gasteiger partial charge in [0.05, 0.1) is 7.11 Å². The Morgan fingerprint density at radius 3 is 2.68 bits per heavy atom. The molecule has 0 aliphatic carbocycles. The van der Waals surface area contributed by atoms with E-state index in [4.69, 9.17) is 9.47 Å². The highest BCUT2D eigenvalue weighted by Crippen LogP contribution is 2.21. The van der Waals surface area contributed by atoms with Crippen LogP contribution in [-0.2, 0) is 4.79 Å². The number of piperidine rings is 1. The summed E-state index contributed by atoms with van der Waals surface area (Å²) in [5.74, 6) is 1.35. The number of likely N-dealkylation sites (tertiary alicyclic amines) is 1. The topological polar surface area (TPSA) is 50.8 Å². The zero-order chi connectivity index (χ0) is 15.9. The van der Waals surface area contributed by atoms with E-state index in [9.17, 15) is 4.79 Å². The summed E-state index contributed by atoms with van der Waals surface area (Å²) in [6.45, 7) is 4.01. The molecular formula is C17H26N2O3. The maximum atomic E-state index is 12.4. The normalized spacial score (nSPS) is 17.8. The van der Waals surface area contributed by atoms with Crippen molar-refractivity contribution in [1.82, 2.24) is 10.2 Å². The van der Waals surface area contributed by atoms with Gasteiger partial charge in [0.1, 0.15) is 11.5 Å². The van der Waals surface area contributed by atoms with E-state index in [-0.39, 0.29) is 11.9 Å². The van der Waals surface area contributed by atoms with Gasteiger partial charge in [0.25, 0.3) is 5.91 Å². The fraction of sp³-hybridized carbons (Fsp3) is 0.588. The molecule has 1 amide bonds. The summed E-state index contributed by atoms with van der Waals surface area (Å²) in [4.78, 5) is 14.7. The van der Waals surface area contributed by atoms with Gasteiger partial charge >= 0.3 is 0 Å². The van der Waals surface area contributed by atoms with Crippen molar-refractivity contribution in [2.24, 2.45) is 0 Å².